The van der Waals surface area contributed by atoms with Crippen molar-refractivity contribution in [1.82, 2.24) is 9.80 Å². The van der Waals surface area contributed by atoms with Crippen LogP contribution in [0.4, 0.5) is 0 Å². The van der Waals surface area contributed by atoms with E-state index in [2.05, 4.69) is 16.8 Å². The molecule has 1 aliphatic carbocycles. The van der Waals surface area contributed by atoms with Gasteiger partial charge >= 0.3 is 0 Å². The molecule has 1 aliphatic heterocycles. The van der Waals surface area contributed by atoms with Gasteiger partial charge in [0.25, 0.3) is 0 Å². The molecule has 0 amide bonds. The Morgan fingerprint density at radius 3 is 2.62 bits per heavy atom. The highest BCUT2D eigenvalue weighted by Crippen LogP contribution is 2.32. The Morgan fingerprint density at radius 1 is 1.15 bits per heavy atom. The Bertz CT molecular complexity index is 177. The average Bonchev–Trinajstić information content (AvgIpc) is 2.81. The molecule has 13 heavy (non-hydrogen) atoms. The molecule has 0 bridgehead atoms. The topological polar surface area (TPSA) is 32.5 Å². The summed E-state index contributed by atoms with van der Waals surface area (Å²) in [6, 6.07) is 0. The predicted molar refractivity (Wildman–Crippen MR) is 54.7 cm³/mol. The van der Waals surface area contributed by atoms with Gasteiger partial charge in [-0.2, -0.15) is 0 Å². The van der Waals surface area contributed by atoms with Crippen LogP contribution in [0.2, 0.25) is 0 Å². The first-order chi connectivity index (χ1) is 6.18. The smallest absolute Gasteiger partial charge is 0.0284 e. The Balaban J connectivity index is 1.78. The molecule has 1 heterocycles. The minimum Gasteiger partial charge on any atom is -0.324 e. The van der Waals surface area contributed by atoms with Crippen LogP contribution in [0.25, 0.3) is 0 Å². The summed E-state index contributed by atoms with van der Waals surface area (Å²) in [4.78, 5) is 4.95. The zero-order chi connectivity index (χ0) is 9.31. The highest BCUT2D eigenvalue weighted by molar-refractivity contribution is 5.01. The van der Waals surface area contributed by atoms with Crippen molar-refractivity contribution in [2.75, 3.05) is 39.8 Å². The number of nitrogens with two attached hydrogens (primary N) is 1. The van der Waals surface area contributed by atoms with E-state index in [-0.39, 0.29) is 5.54 Å². The van der Waals surface area contributed by atoms with Crippen molar-refractivity contribution in [2.24, 2.45) is 5.73 Å². The first kappa shape index (κ1) is 9.44. The molecule has 1 saturated heterocycles. The van der Waals surface area contributed by atoms with E-state index in [1.807, 2.05) is 0 Å². The van der Waals surface area contributed by atoms with E-state index in [0.717, 1.165) is 6.54 Å². The van der Waals surface area contributed by atoms with Crippen LogP contribution in [0.3, 0.4) is 0 Å². The fraction of sp³-hybridized carbons (Fsp3) is 1.00. The van der Waals surface area contributed by atoms with Gasteiger partial charge in [0.15, 0.2) is 0 Å². The molecule has 2 fully saturated rings. The largest absolute Gasteiger partial charge is 0.324 e. The second kappa shape index (κ2) is 3.56. The van der Waals surface area contributed by atoms with Crippen molar-refractivity contribution in [3.8, 4) is 0 Å². The van der Waals surface area contributed by atoms with E-state index in [0.29, 0.717) is 0 Å². The van der Waals surface area contributed by atoms with Crippen LogP contribution >= 0.6 is 0 Å². The molecule has 0 aromatic carbocycles. The molecule has 0 radical (unpaired) electrons. The van der Waals surface area contributed by atoms with Crippen molar-refractivity contribution in [1.29, 1.82) is 0 Å². The van der Waals surface area contributed by atoms with E-state index < -0.39 is 0 Å². The standard InChI is InChI=1S/C10H21N3/c1-12-5-2-6-13(8-7-12)9-10(11)3-4-10/h2-9,11H2,1H3. The lowest BCUT2D eigenvalue weighted by Crippen LogP contribution is -2.41. The maximum atomic E-state index is 6.11. The monoisotopic (exact) mass is 183 g/mol. The fourth-order valence-corrected chi connectivity index (χ4v) is 2.02. The van der Waals surface area contributed by atoms with E-state index in [4.69, 9.17) is 5.73 Å². The minimum atomic E-state index is 0.197. The first-order valence-corrected chi connectivity index (χ1v) is 5.38. The van der Waals surface area contributed by atoms with Gasteiger partial charge in [-0.3, -0.25) is 0 Å². The van der Waals surface area contributed by atoms with Crippen LogP contribution in [-0.2, 0) is 0 Å². The number of likely N-dealkylation sites (N-methyl/N-ethyl adjacent to an activating group) is 1. The van der Waals surface area contributed by atoms with Gasteiger partial charge < -0.3 is 15.5 Å². The highest BCUT2D eigenvalue weighted by Gasteiger charge is 2.39. The molecular weight excluding hydrogens is 162 g/mol. The van der Waals surface area contributed by atoms with Crippen molar-refractivity contribution < 1.29 is 0 Å². The molecule has 1 saturated carbocycles. The summed E-state index contributed by atoms with van der Waals surface area (Å²) >= 11 is 0. The van der Waals surface area contributed by atoms with Gasteiger partial charge in [-0.15, -0.1) is 0 Å². The first-order valence-electron chi connectivity index (χ1n) is 5.38. The summed E-state index contributed by atoms with van der Waals surface area (Å²) in [6.07, 6.45) is 3.77. The molecular formula is C10H21N3. The number of hydrogen-bond donors (Lipinski definition) is 1. The van der Waals surface area contributed by atoms with Crippen LogP contribution in [0.15, 0.2) is 0 Å². The quantitative estimate of drug-likeness (QED) is 0.660. The molecule has 2 N–H and O–H groups in total. The molecule has 0 aromatic heterocycles. The van der Waals surface area contributed by atoms with Crippen molar-refractivity contribution in [2.45, 2.75) is 24.8 Å². The Morgan fingerprint density at radius 2 is 1.92 bits per heavy atom. The molecule has 76 valence electrons. The molecule has 0 unspecified atom stereocenters. The molecule has 2 rings (SSSR count). The third-order valence-corrected chi connectivity index (χ3v) is 3.24. The van der Waals surface area contributed by atoms with Crippen molar-refractivity contribution in [3.63, 3.8) is 0 Å². The summed E-state index contributed by atoms with van der Waals surface area (Å²) in [5.41, 5.74) is 6.31. The van der Waals surface area contributed by atoms with E-state index >= 15 is 0 Å². The van der Waals surface area contributed by atoms with Gasteiger partial charge in [0, 0.05) is 25.2 Å². The van der Waals surface area contributed by atoms with Crippen LogP contribution in [0.1, 0.15) is 19.3 Å². The van der Waals surface area contributed by atoms with Crippen LogP contribution in [0, 0.1) is 0 Å². The second-order valence-corrected chi connectivity index (χ2v) is 4.80. The molecule has 3 heteroatoms. The van der Waals surface area contributed by atoms with Crippen LogP contribution < -0.4 is 5.73 Å². The van der Waals surface area contributed by atoms with Crippen LogP contribution in [-0.4, -0.2) is 55.1 Å². The normalized spacial score (nSPS) is 30.0. The number of nitrogens with zero attached hydrogens (tertiary/aromatic N) is 2. The second-order valence-electron chi connectivity index (χ2n) is 4.80. The summed E-state index contributed by atoms with van der Waals surface area (Å²) < 4.78 is 0. The van der Waals surface area contributed by atoms with Gasteiger partial charge in [-0.25, -0.2) is 0 Å². The molecule has 0 atom stereocenters. The fourth-order valence-electron chi connectivity index (χ4n) is 2.02. The van der Waals surface area contributed by atoms with Gasteiger partial charge in [0.05, 0.1) is 0 Å². The molecule has 2 aliphatic rings. The average molecular weight is 183 g/mol. The predicted octanol–water partition coefficient (Wildman–Crippen LogP) is 0.115. The Kier molecular flexibility index (Phi) is 2.58. The number of hydrogen-bond acceptors (Lipinski definition) is 3. The summed E-state index contributed by atoms with van der Waals surface area (Å²) in [7, 11) is 2.21. The van der Waals surface area contributed by atoms with E-state index in [1.54, 1.807) is 0 Å². The van der Waals surface area contributed by atoms with E-state index in [1.165, 1.54) is 45.4 Å². The lowest BCUT2D eigenvalue weighted by molar-refractivity contribution is 0.255. The Hall–Kier alpha value is -0.120. The zero-order valence-electron chi connectivity index (χ0n) is 8.63. The van der Waals surface area contributed by atoms with E-state index in [9.17, 15) is 0 Å². The van der Waals surface area contributed by atoms with Crippen LogP contribution in [0.5, 0.6) is 0 Å². The zero-order valence-corrected chi connectivity index (χ0v) is 8.63. The van der Waals surface area contributed by atoms with Gasteiger partial charge in [-0.05, 0) is 39.4 Å². The molecule has 3 nitrogen and oxygen atoms in total. The summed E-state index contributed by atoms with van der Waals surface area (Å²) in [6.45, 7) is 6.02. The maximum Gasteiger partial charge on any atom is 0.0284 e. The summed E-state index contributed by atoms with van der Waals surface area (Å²) in [5, 5.41) is 0. The summed E-state index contributed by atoms with van der Waals surface area (Å²) in [5.74, 6) is 0. The highest BCUT2D eigenvalue weighted by atomic mass is 15.2. The molecule has 0 spiro atoms. The SMILES string of the molecule is CN1CCCN(CC2(N)CC2)CC1. The minimum absolute atomic E-state index is 0.197. The lowest BCUT2D eigenvalue weighted by Gasteiger charge is -2.23. The molecule has 0 aromatic rings. The number of rotatable bonds is 2. The van der Waals surface area contributed by atoms with Crippen molar-refractivity contribution in [3.05, 3.63) is 0 Å². The van der Waals surface area contributed by atoms with Gasteiger partial charge in [0.2, 0.25) is 0 Å². The third-order valence-electron chi connectivity index (χ3n) is 3.24. The van der Waals surface area contributed by atoms with Gasteiger partial charge in [-0.1, -0.05) is 0 Å². The van der Waals surface area contributed by atoms with Crippen molar-refractivity contribution >= 4 is 0 Å². The Labute approximate surface area is 80.9 Å². The van der Waals surface area contributed by atoms with Gasteiger partial charge in [0.1, 0.15) is 0 Å². The third kappa shape index (κ3) is 2.66. The maximum absolute atomic E-state index is 6.11. The lowest BCUT2D eigenvalue weighted by atomic mass is 10.2.